The van der Waals surface area contributed by atoms with E-state index in [9.17, 15) is 14.7 Å². The first-order valence-corrected chi connectivity index (χ1v) is 9.30. The van der Waals surface area contributed by atoms with Gasteiger partial charge in [0.05, 0.1) is 10.8 Å². The summed E-state index contributed by atoms with van der Waals surface area (Å²) in [5.41, 5.74) is -0.560. The second-order valence-corrected chi connectivity index (χ2v) is 8.85. The Kier molecular flexibility index (Phi) is 2.91. The fourth-order valence-electron chi connectivity index (χ4n) is 5.74. The Morgan fingerprint density at radius 2 is 1.50 bits per heavy atom. The number of hydrogen-bond acceptors (Lipinski definition) is 3. The van der Waals surface area contributed by atoms with Gasteiger partial charge in [0.1, 0.15) is 6.10 Å². The van der Waals surface area contributed by atoms with Crippen LogP contribution in [0.4, 0.5) is 0 Å². The molecule has 0 amide bonds. The van der Waals surface area contributed by atoms with Crippen molar-refractivity contribution in [3.8, 4) is 0 Å². The van der Waals surface area contributed by atoms with Crippen molar-refractivity contribution in [3.05, 3.63) is 69.2 Å². The summed E-state index contributed by atoms with van der Waals surface area (Å²) >= 11 is 12.3. The van der Waals surface area contributed by atoms with Crippen molar-refractivity contribution in [1.82, 2.24) is 0 Å². The standard InChI is InChI=1S/C21H16Cl2O3/c1-19-14-9-12(23)7-8-13(14)21(10-3-5-11(22)6-4-10)15(16(19)24)20(21,2)18(26)17(19)25/h3-9,15,17,25H,1-2H3/t15-,17+,19-,20-,21-/m1/s1. The van der Waals surface area contributed by atoms with E-state index in [1.807, 2.05) is 18.2 Å². The lowest BCUT2D eigenvalue weighted by atomic mass is 9.62. The molecule has 5 atom stereocenters. The molecule has 2 saturated carbocycles. The van der Waals surface area contributed by atoms with Crippen LogP contribution < -0.4 is 0 Å². The Labute approximate surface area is 160 Å². The maximum atomic E-state index is 13.4. The molecule has 2 aromatic rings. The second kappa shape index (κ2) is 4.59. The number of carbonyl (C=O) groups excluding carboxylic acids is 2. The van der Waals surface area contributed by atoms with Gasteiger partial charge in [-0.15, -0.1) is 0 Å². The minimum Gasteiger partial charge on any atom is -0.384 e. The quantitative estimate of drug-likeness (QED) is 0.812. The highest BCUT2D eigenvalue weighted by Gasteiger charge is 2.89. The molecule has 0 aliphatic heterocycles. The molecule has 0 radical (unpaired) electrons. The van der Waals surface area contributed by atoms with Crippen LogP contribution in [0.15, 0.2) is 42.5 Å². The maximum absolute atomic E-state index is 13.4. The van der Waals surface area contributed by atoms with E-state index in [1.54, 1.807) is 38.1 Å². The number of ketones is 2. The van der Waals surface area contributed by atoms with E-state index < -0.39 is 28.3 Å². The zero-order valence-corrected chi connectivity index (χ0v) is 15.7. The average molecular weight is 387 g/mol. The first-order valence-electron chi connectivity index (χ1n) is 8.55. The van der Waals surface area contributed by atoms with Crippen LogP contribution in [-0.4, -0.2) is 22.8 Å². The van der Waals surface area contributed by atoms with Crippen molar-refractivity contribution in [2.75, 3.05) is 0 Å². The molecule has 2 aromatic carbocycles. The Balaban J connectivity index is 1.93. The van der Waals surface area contributed by atoms with Crippen molar-refractivity contribution in [3.63, 3.8) is 0 Å². The number of hydrogen-bond donors (Lipinski definition) is 1. The zero-order chi connectivity index (χ0) is 18.6. The largest absolute Gasteiger partial charge is 0.384 e. The molecule has 2 bridgehead atoms. The van der Waals surface area contributed by atoms with Gasteiger partial charge in [0.2, 0.25) is 0 Å². The first kappa shape index (κ1) is 16.5. The van der Waals surface area contributed by atoms with Crippen LogP contribution in [0.1, 0.15) is 30.5 Å². The summed E-state index contributed by atoms with van der Waals surface area (Å²) in [4.78, 5) is 26.7. The van der Waals surface area contributed by atoms with Gasteiger partial charge in [-0.2, -0.15) is 0 Å². The Bertz CT molecular complexity index is 1010. The van der Waals surface area contributed by atoms with Gasteiger partial charge in [-0.25, -0.2) is 0 Å². The molecule has 26 heavy (non-hydrogen) atoms. The third kappa shape index (κ3) is 1.43. The number of Topliss-reactive ketones (excluding diaryl/α,β-unsaturated/α-hetero) is 2. The van der Waals surface area contributed by atoms with Crippen LogP contribution in [0, 0.1) is 11.3 Å². The SMILES string of the molecule is C[C@]12C(=O)[C@H]3[C@@](c4ccc(Cl)cc4)(c4ccc(Cl)cc41)[C@@]3(C)C(=O)[C@@H]2O. The van der Waals surface area contributed by atoms with E-state index >= 15 is 0 Å². The van der Waals surface area contributed by atoms with Crippen molar-refractivity contribution in [2.24, 2.45) is 11.3 Å². The predicted molar refractivity (Wildman–Crippen MR) is 98.7 cm³/mol. The summed E-state index contributed by atoms with van der Waals surface area (Å²) in [5, 5.41) is 11.9. The molecule has 5 rings (SSSR count). The molecule has 5 heteroatoms. The van der Waals surface area contributed by atoms with Crippen LogP contribution in [0.3, 0.4) is 0 Å². The van der Waals surface area contributed by atoms with Gasteiger partial charge in [-0.3, -0.25) is 9.59 Å². The third-order valence-corrected chi connectivity index (χ3v) is 7.58. The molecule has 3 aliphatic rings. The highest BCUT2D eigenvalue weighted by molar-refractivity contribution is 6.31. The number of aliphatic hydroxyl groups excluding tert-OH is 1. The topological polar surface area (TPSA) is 54.4 Å². The summed E-state index contributed by atoms with van der Waals surface area (Å²) in [5.74, 6) is -0.838. The summed E-state index contributed by atoms with van der Waals surface area (Å²) in [6, 6.07) is 12.7. The van der Waals surface area contributed by atoms with Crippen molar-refractivity contribution < 1.29 is 14.7 Å². The second-order valence-electron chi connectivity index (χ2n) is 7.97. The highest BCUT2D eigenvalue weighted by Crippen LogP contribution is 2.80. The number of rotatable bonds is 1. The maximum Gasteiger partial charge on any atom is 0.170 e. The van der Waals surface area contributed by atoms with Crippen molar-refractivity contribution >= 4 is 34.8 Å². The van der Waals surface area contributed by atoms with Gasteiger partial charge in [0.15, 0.2) is 11.6 Å². The Morgan fingerprint density at radius 3 is 2.15 bits per heavy atom. The molecule has 0 unspecified atom stereocenters. The van der Waals surface area contributed by atoms with E-state index in [-0.39, 0.29) is 11.6 Å². The summed E-state index contributed by atoms with van der Waals surface area (Å²) in [7, 11) is 0. The van der Waals surface area contributed by atoms with Crippen molar-refractivity contribution in [1.29, 1.82) is 0 Å². The summed E-state index contributed by atoms with van der Waals surface area (Å²) in [6.45, 7) is 3.47. The zero-order valence-electron chi connectivity index (χ0n) is 14.2. The molecule has 0 aromatic heterocycles. The monoisotopic (exact) mass is 386 g/mol. The van der Waals surface area contributed by atoms with Gasteiger partial charge in [-0.05, 0) is 47.9 Å². The average Bonchev–Trinajstić information content (AvgIpc) is 3.21. The van der Waals surface area contributed by atoms with Gasteiger partial charge in [0, 0.05) is 21.4 Å². The normalized spacial score (nSPS) is 39.6. The molecular weight excluding hydrogens is 371 g/mol. The smallest absolute Gasteiger partial charge is 0.170 e. The molecular formula is C21H16Cl2O3. The predicted octanol–water partition coefficient (Wildman–Crippen LogP) is 3.70. The van der Waals surface area contributed by atoms with Crippen LogP contribution >= 0.6 is 23.2 Å². The fourth-order valence-corrected chi connectivity index (χ4v) is 6.03. The van der Waals surface area contributed by atoms with Crippen LogP contribution in [-0.2, 0) is 20.4 Å². The molecule has 2 fully saturated rings. The molecule has 0 spiro atoms. The first-order chi connectivity index (χ1) is 12.2. The minimum absolute atomic E-state index is 0.0863. The van der Waals surface area contributed by atoms with E-state index in [4.69, 9.17) is 23.2 Å². The number of carbonyl (C=O) groups is 2. The van der Waals surface area contributed by atoms with E-state index in [0.717, 1.165) is 11.1 Å². The number of benzene rings is 2. The molecule has 1 N–H and O–H groups in total. The van der Waals surface area contributed by atoms with Crippen LogP contribution in [0.5, 0.6) is 0 Å². The number of aliphatic hydroxyl groups is 1. The molecule has 132 valence electrons. The third-order valence-electron chi connectivity index (χ3n) is 7.09. The Hall–Kier alpha value is -1.68. The molecule has 3 nitrogen and oxygen atoms in total. The number of fused-ring (bicyclic) bond motifs is 5. The minimum atomic E-state index is -1.37. The van der Waals surface area contributed by atoms with Crippen molar-refractivity contribution in [2.45, 2.75) is 30.8 Å². The lowest BCUT2D eigenvalue weighted by Crippen LogP contribution is -2.56. The Morgan fingerprint density at radius 1 is 0.885 bits per heavy atom. The van der Waals surface area contributed by atoms with Gasteiger partial charge in [0.25, 0.3) is 0 Å². The number of halogens is 2. The molecule has 0 heterocycles. The van der Waals surface area contributed by atoms with Gasteiger partial charge < -0.3 is 5.11 Å². The van der Waals surface area contributed by atoms with Crippen LogP contribution in [0.2, 0.25) is 10.0 Å². The van der Waals surface area contributed by atoms with Gasteiger partial charge >= 0.3 is 0 Å². The molecule has 3 aliphatic carbocycles. The van der Waals surface area contributed by atoms with Crippen LogP contribution in [0.25, 0.3) is 0 Å². The van der Waals surface area contributed by atoms with Gasteiger partial charge in [-0.1, -0.05) is 48.3 Å². The molecule has 0 saturated heterocycles. The summed E-state index contributed by atoms with van der Waals surface area (Å²) < 4.78 is 0. The highest BCUT2D eigenvalue weighted by atomic mass is 35.5. The van der Waals surface area contributed by atoms with E-state index in [0.29, 0.717) is 15.6 Å². The lowest BCUT2D eigenvalue weighted by Gasteiger charge is -2.40. The van der Waals surface area contributed by atoms with E-state index in [1.165, 1.54) is 0 Å². The summed E-state index contributed by atoms with van der Waals surface area (Å²) in [6.07, 6.45) is -1.37. The van der Waals surface area contributed by atoms with E-state index in [2.05, 4.69) is 0 Å². The lowest BCUT2D eigenvalue weighted by molar-refractivity contribution is -0.149. The fraction of sp³-hybridized carbons (Fsp3) is 0.333.